The molecule has 1 fully saturated rings. The fourth-order valence-electron chi connectivity index (χ4n) is 3.06. The van der Waals surface area contributed by atoms with Crippen LogP contribution in [0, 0.1) is 5.92 Å². The zero-order valence-electron chi connectivity index (χ0n) is 13.9. The number of aromatic nitrogens is 1. The molecule has 1 aliphatic heterocycles. The molecule has 2 heterocycles. The zero-order valence-corrected chi connectivity index (χ0v) is 15.5. The second-order valence-electron chi connectivity index (χ2n) is 6.36. The second-order valence-corrected chi connectivity index (χ2v) is 8.50. The Kier molecular flexibility index (Phi) is 6.06. The monoisotopic (exact) mass is 379 g/mol. The molecule has 0 spiro atoms. The van der Waals surface area contributed by atoms with Crippen LogP contribution in [0.25, 0.3) is 0 Å². The molecule has 0 bridgehead atoms. The molecule has 3 rings (SSSR count). The average Bonchev–Trinajstić information content (AvgIpc) is 2.62. The van der Waals surface area contributed by atoms with Crippen molar-refractivity contribution < 1.29 is 8.42 Å². The number of nitrogens with zero attached hydrogens (tertiary/aromatic N) is 2. The van der Waals surface area contributed by atoms with Crippen molar-refractivity contribution in [2.75, 3.05) is 19.6 Å². The number of likely N-dealkylation sites (tertiary alicyclic amines) is 1. The molecule has 7 heteroatoms. The second kappa shape index (κ2) is 8.27. The van der Waals surface area contributed by atoms with Gasteiger partial charge in [0.15, 0.2) is 0 Å². The number of hydrogen-bond donors (Lipinski definition) is 1. The Morgan fingerprint density at radius 2 is 1.80 bits per heavy atom. The Bertz CT molecular complexity index is 791. The van der Waals surface area contributed by atoms with Crippen molar-refractivity contribution in [1.82, 2.24) is 14.6 Å². The van der Waals surface area contributed by atoms with Crippen LogP contribution in [0.15, 0.2) is 53.7 Å². The molecule has 134 valence electrons. The lowest BCUT2D eigenvalue weighted by atomic mass is 9.97. The van der Waals surface area contributed by atoms with E-state index in [0.717, 1.165) is 32.5 Å². The first-order valence-electron chi connectivity index (χ1n) is 8.40. The molecule has 0 aliphatic carbocycles. The number of piperidine rings is 1. The van der Waals surface area contributed by atoms with Gasteiger partial charge in [-0.05, 0) is 61.7 Å². The summed E-state index contributed by atoms with van der Waals surface area (Å²) in [7, 11) is -3.55. The summed E-state index contributed by atoms with van der Waals surface area (Å²) in [5.74, 6) is 0.353. The van der Waals surface area contributed by atoms with E-state index < -0.39 is 10.0 Å². The van der Waals surface area contributed by atoms with E-state index >= 15 is 0 Å². The molecule has 1 saturated heterocycles. The van der Waals surface area contributed by atoms with Gasteiger partial charge < -0.3 is 0 Å². The summed E-state index contributed by atoms with van der Waals surface area (Å²) >= 11 is 6.00. The quantitative estimate of drug-likeness (QED) is 0.838. The highest BCUT2D eigenvalue weighted by Crippen LogP contribution is 2.22. The largest absolute Gasteiger partial charge is 0.299 e. The van der Waals surface area contributed by atoms with Crippen molar-refractivity contribution in [1.29, 1.82) is 0 Å². The maximum atomic E-state index is 12.4. The van der Waals surface area contributed by atoms with Crippen LogP contribution in [0.3, 0.4) is 0 Å². The van der Waals surface area contributed by atoms with Crippen molar-refractivity contribution >= 4 is 21.6 Å². The van der Waals surface area contributed by atoms with Gasteiger partial charge in [-0.3, -0.25) is 9.88 Å². The van der Waals surface area contributed by atoms with Gasteiger partial charge in [0.25, 0.3) is 0 Å². The van der Waals surface area contributed by atoms with Gasteiger partial charge in [-0.2, -0.15) is 0 Å². The van der Waals surface area contributed by atoms with Crippen LogP contribution in [0.2, 0.25) is 5.02 Å². The highest BCUT2D eigenvalue weighted by Gasteiger charge is 2.23. The zero-order chi connectivity index (χ0) is 17.7. The Balaban J connectivity index is 1.49. The van der Waals surface area contributed by atoms with Crippen LogP contribution in [0.1, 0.15) is 18.4 Å². The molecule has 0 saturated carbocycles. The first-order valence-corrected chi connectivity index (χ1v) is 10.3. The van der Waals surface area contributed by atoms with Gasteiger partial charge in [0, 0.05) is 25.5 Å². The smallest absolute Gasteiger partial charge is 0.242 e. The molecule has 25 heavy (non-hydrogen) atoms. The molecule has 0 radical (unpaired) electrons. The third kappa shape index (κ3) is 5.01. The molecule has 2 aromatic rings. The number of halogens is 1. The van der Waals surface area contributed by atoms with E-state index in [2.05, 4.69) is 14.6 Å². The van der Waals surface area contributed by atoms with Crippen molar-refractivity contribution in [2.24, 2.45) is 5.92 Å². The van der Waals surface area contributed by atoms with Gasteiger partial charge in [-0.1, -0.05) is 23.7 Å². The molecule has 0 unspecified atom stereocenters. The lowest BCUT2D eigenvalue weighted by Gasteiger charge is -2.32. The van der Waals surface area contributed by atoms with E-state index in [0.29, 0.717) is 12.5 Å². The number of rotatable bonds is 6. The average molecular weight is 380 g/mol. The lowest BCUT2D eigenvalue weighted by Crippen LogP contribution is -2.38. The molecule has 1 aliphatic rings. The van der Waals surface area contributed by atoms with Crippen molar-refractivity contribution in [3.63, 3.8) is 0 Å². The maximum absolute atomic E-state index is 12.4. The van der Waals surface area contributed by atoms with E-state index in [9.17, 15) is 8.42 Å². The van der Waals surface area contributed by atoms with E-state index in [4.69, 9.17) is 11.6 Å². The molecular weight excluding hydrogens is 358 g/mol. The predicted molar refractivity (Wildman–Crippen MR) is 98.9 cm³/mol. The molecule has 1 aromatic heterocycles. The normalized spacial score (nSPS) is 16.8. The molecule has 1 aromatic carbocycles. The van der Waals surface area contributed by atoms with E-state index in [1.54, 1.807) is 18.2 Å². The number of hydrogen-bond acceptors (Lipinski definition) is 4. The highest BCUT2D eigenvalue weighted by atomic mass is 35.5. The number of benzene rings is 1. The minimum absolute atomic E-state index is 0.145. The van der Waals surface area contributed by atoms with E-state index in [1.165, 1.54) is 11.6 Å². The standard InChI is InChI=1S/C18H22ClN3O2S/c19-17-3-1-2-4-18(17)25(23,24)21-13-15-7-11-22(12-8-15)14-16-5-9-20-10-6-16/h1-6,9-10,15,21H,7-8,11-14H2. The van der Waals surface area contributed by atoms with Gasteiger partial charge >= 0.3 is 0 Å². The third-order valence-corrected chi connectivity index (χ3v) is 6.47. The van der Waals surface area contributed by atoms with Crippen molar-refractivity contribution in [3.05, 3.63) is 59.4 Å². The van der Waals surface area contributed by atoms with Crippen LogP contribution in [0.4, 0.5) is 0 Å². The number of nitrogens with one attached hydrogen (secondary N) is 1. The summed E-state index contributed by atoms with van der Waals surface area (Å²) < 4.78 is 27.5. The van der Waals surface area contributed by atoms with Crippen molar-refractivity contribution in [3.8, 4) is 0 Å². The van der Waals surface area contributed by atoms with E-state index in [-0.39, 0.29) is 9.92 Å². The summed E-state index contributed by atoms with van der Waals surface area (Å²) in [4.78, 5) is 6.58. The number of pyridine rings is 1. The SMILES string of the molecule is O=S(=O)(NCC1CCN(Cc2ccncc2)CC1)c1ccccc1Cl. The molecular formula is C18H22ClN3O2S. The molecule has 0 atom stereocenters. The lowest BCUT2D eigenvalue weighted by molar-refractivity contribution is 0.178. The Hall–Kier alpha value is -1.47. The summed E-state index contributed by atoms with van der Waals surface area (Å²) in [5.41, 5.74) is 1.26. The van der Waals surface area contributed by atoms with Gasteiger partial charge in [-0.25, -0.2) is 13.1 Å². The fraction of sp³-hybridized carbons (Fsp3) is 0.389. The summed E-state index contributed by atoms with van der Waals surface area (Å²) in [5, 5.41) is 0.252. The molecule has 5 nitrogen and oxygen atoms in total. The molecule has 1 N–H and O–H groups in total. The van der Waals surface area contributed by atoms with Crippen LogP contribution in [-0.2, 0) is 16.6 Å². The summed E-state index contributed by atoms with van der Waals surface area (Å²) in [6.07, 6.45) is 5.59. The Labute approximate surface area is 154 Å². The topological polar surface area (TPSA) is 62.3 Å². The highest BCUT2D eigenvalue weighted by molar-refractivity contribution is 7.89. The molecule has 0 amide bonds. The van der Waals surface area contributed by atoms with Gasteiger partial charge in [0.1, 0.15) is 4.90 Å². The minimum Gasteiger partial charge on any atom is -0.299 e. The van der Waals surface area contributed by atoms with Gasteiger partial charge in [0.05, 0.1) is 5.02 Å². The van der Waals surface area contributed by atoms with Gasteiger partial charge in [0.2, 0.25) is 10.0 Å². The Morgan fingerprint density at radius 1 is 1.12 bits per heavy atom. The van der Waals surface area contributed by atoms with Crippen LogP contribution < -0.4 is 4.72 Å². The van der Waals surface area contributed by atoms with Crippen molar-refractivity contribution in [2.45, 2.75) is 24.3 Å². The van der Waals surface area contributed by atoms with Crippen LogP contribution >= 0.6 is 11.6 Å². The summed E-state index contributed by atoms with van der Waals surface area (Å²) in [6.45, 7) is 3.32. The first-order chi connectivity index (χ1) is 12.0. The number of sulfonamides is 1. The van der Waals surface area contributed by atoms with E-state index in [1.807, 2.05) is 24.5 Å². The minimum atomic E-state index is -3.55. The predicted octanol–water partition coefficient (Wildman–Crippen LogP) is 2.93. The fourth-order valence-corrected chi connectivity index (χ4v) is 4.70. The summed E-state index contributed by atoms with van der Waals surface area (Å²) in [6, 6.07) is 10.6. The van der Waals surface area contributed by atoms with Gasteiger partial charge in [-0.15, -0.1) is 0 Å². The maximum Gasteiger partial charge on any atom is 0.242 e. The first kappa shape index (κ1) is 18.3. The van der Waals surface area contributed by atoms with Crippen LogP contribution in [0.5, 0.6) is 0 Å². The van der Waals surface area contributed by atoms with Crippen LogP contribution in [-0.4, -0.2) is 37.9 Å². The third-order valence-electron chi connectivity index (χ3n) is 4.55. The Morgan fingerprint density at radius 3 is 2.48 bits per heavy atom.